The molecule has 1 N–H and O–H groups in total. The topological polar surface area (TPSA) is 86.1 Å². The lowest BCUT2D eigenvalue weighted by molar-refractivity contribution is -0.124. The van der Waals surface area contributed by atoms with E-state index in [1.54, 1.807) is 16.8 Å². The molecule has 0 saturated carbocycles. The number of aromatic nitrogens is 3. The molecule has 1 heterocycles. The fourth-order valence-electron chi connectivity index (χ4n) is 3.17. The van der Waals surface area contributed by atoms with Gasteiger partial charge in [-0.15, -0.1) is 5.10 Å². The average Bonchev–Trinajstić information content (AvgIpc) is 3.31. The van der Waals surface area contributed by atoms with E-state index in [4.69, 9.17) is 4.74 Å². The van der Waals surface area contributed by atoms with Gasteiger partial charge < -0.3 is 10.1 Å². The molecule has 3 aromatic carbocycles. The number of halogens is 1. The van der Waals surface area contributed by atoms with Gasteiger partial charge in [-0.3, -0.25) is 4.79 Å². The van der Waals surface area contributed by atoms with Crippen molar-refractivity contribution in [2.24, 2.45) is 0 Å². The highest BCUT2D eigenvalue weighted by atomic mass is 19.1. The predicted octanol–water partition coefficient (Wildman–Crippen LogP) is 3.59. The maximum atomic E-state index is 12.9. The molecule has 0 atom stereocenters. The molecule has 0 spiro atoms. The van der Waals surface area contributed by atoms with Gasteiger partial charge in [-0.2, -0.15) is 0 Å². The van der Waals surface area contributed by atoms with Gasteiger partial charge in [0.2, 0.25) is 0 Å². The van der Waals surface area contributed by atoms with Crippen LogP contribution in [0.1, 0.15) is 16.2 Å². The van der Waals surface area contributed by atoms with Crippen LogP contribution in [-0.4, -0.2) is 39.8 Å². The number of carbonyl (C=O) groups is 2. The number of rotatable bonds is 8. The van der Waals surface area contributed by atoms with Crippen molar-refractivity contribution in [1.82, 2.24) is 20.1 Å². The van der Waals surface area contributed by atoms with E-state index in [1.807, 2.05) is 60.7 Å². The van der Waals surface area contributed by atoms with Crippen LogP contribution in [0.25, 0.3) is 17.1 Å². The SMILES string of the molecule is O=C(COC(=O)c1nc(-c2ccccc2)n(-c2ccccc2)n1)NCCc1ccc(F)cc1. The number of para-hydroxylation sites is 1. The largest absolute Gasteiger partial charge is 0.450 e. The lowest BCUT2D eigenvalue weighted by Crippen LogP contribution is -2.30. The number of nitrogens with one attached hydrogen (secondary N) is 1. The predicted molar refractivity (Wildman–Crippen MR) is 120 cm³/mol. The summed E-state index contributed by atoms with van der Waals surface area (Å²) in [6.45, 7) is -0.121. The maximum absolute atomic E-state index is 12.9. The van der Waals surface area contributed by atoms with Gasteiger partial charge in [0, 0.05) is 12.1 Å². The maximum Gasteiger partial charge on any atom is 0.378 e. The minimum Gasteiger partial charge on any atom is -0.450 e. The van der Waals surface area contributed by atoms with Crippen molar-refractivity contribution in [2.75, 3.05) is 13.2 Å². The summed E-state index contributed by atoms with van der Waals surface area (Å²) >= 11 is 0. The summed E-state index contributed by atoms with van der Waals surface area (Å²) in [7, 11) is 0. The third-order valence-electron chi connectivity index (χ3n) is 4.81. The number of amides is 1. The van der Waals surface area contributed by atoms with Gasteiger partial charge in [0.15, 0.2) is 12.4 Å². The third kappa shape index (κ3) is 5.68. The van der Waals surface area contributed by atoms with Gasteiger partial charge in [-0.1, -0.05) is 60.7 Å². The Kier molecular flexibility index (Phi) is 6.84. The van der Waals surface area contributed by atoms with Crippen molar-refractivity contribution in [3.63, 3.8) is 0 Å². The second-order valence-corrected chi connectivity index (χ2v) is 7.17. The zero-order chi connectivity index (χ0) is 23.0. The summed E-state index contributed by atoms with van der Waals surface area (Å²) in [5, 5.41) is 6.98. The van der Waals surface area contributed by atoms with Gasteiger partial charge in [-0.05, 0) is 36.2 Å². The Morgan fingerprint density at radius 1 is 0.909 bits per heavy atom. The van der Waals surface area contributed by atoms with E-state index in [0.717, 1.165) is 16.8 Å². The lowest BCUT2D eigenvalue weighted by Gasteiger charge is -2.06. The highest BCUT2D eigenvalue weighted by Crippen LogP contribution is 2.21. The van der Waals surface area contributed by atoms with Crippen molar-refractivity contribution in [1.29, 1.82) is 0 Å². The molecule has 166 valence electrons. The number of nitrogens with zero attached hydrogens (tertiary/aromatic N) is 3. The molecule has 0 saturated heterocycles. The molecular formula is C25H21FN4O3. The summed E-state index contributed by atoms with van der Waals surface area (Å²) < 4.78 is 19.6. The standard InChI is InChI=1S/C25H21FN4O3/c26-20-13-11-18(12-14-20)15-16-27-22(31)17-33-25(32)23-28-24(19-7-3-1-4-8-19)30(29-23)21-9-5-2-6-10-21/h1-14H,15-17H2,(H,27,31). The van der Waals surface area contributed by atoms with E-state index in [9.17, 15) is 14.0 Å². The first-order valence-electron chi connectivity index (χ1n) is 10.4. The summed E-state index contributed by atoms with van der Waals surface area (Å²) in [4.78, 5) is 28.9. The van der Waals surface area contributed by atoms with E-state index in [-0.39, 0.29) is 11.6 Å². The molecule has 0 aliphatic carbocycles. The van der Waals surface area contributed by atoms with Gasteiger partial charge in [-0.25, -0.2) is 18.9 Å². The monoisotopic (exact) mass is 444 g/mol. The molecule has 7 nitrogen and oxygen atoms in total. The smallest absolute Gasteiger partial charge is 0.378 e. The Hall–Kier alpha value is -4.33. The second kappa shape index (κ2) is 10.3. The summed E-state index contributed by atoms with van der Waals surface area (Å²) in [6.07, 6.45) is 0.531. The highest BCUT2D eigenvalue weighted by molar-refractivity contribution is 5.88. The minimum absolute atomic E-state index is 0.142. The Balaban J connectivity index is 1.39. The Bertz CT molecular complexity index is 1170. The zero-order valence-electron chi connectivity index (χ0n) is 17.6. The molecule has 0 unspecified atom stereocenters. The molecule has 0 radical (unpaired) electrons. The van der Waals surface area contributed by atoms with Crippen LogP contribution in [0.5, 0.6) is 0 Å². The van der Waals surface area contributed by atoms with E-state index in [2.05, 4.69) is 15.4 Å². The van der Waals surface area contributed by atoms with Gasteiger partial charge in [0.05, 0.1) is 5.69 Å². The summed E-state index contributed by atoms with van der Waals surface area (Å²) in [6, 6.07) is 24.7. The molecule has 0 bridgehead atoms. The second-order valence-electron chi connectivity index (χ2n) is 7.17. The molecule has 1 amide bonds. The van der Waals surface area contributed by atoms with Crippen LogP contribution in [0.15, 0.2) is 84.9 Å². The van der Waals surface area contributed by atoms with Crippen LogP contribution in [-0.2, 0) is 16.0 Å². The van der Waals surface area contributed by atoms with Crippen LogP contribution >= 0.6 is 0 Å². The number of benzene rings is 3. The van der Waals surface area contributed by atoms with E-state index < -0.39 is 18.5 Å². The number of esters is 1. The fraction of sp³-hybridized carbons (Fsp3) is 0.120. The van der Waals surface area contributed by atoms with Crippen LogP contribution in [0, 0.1) is 5.82 Å². The lowest BCUT2D eigenvalue weighted by atomic mass is 10.1. The first kappa shape index (κ1) is 21.9. The molecule has 4 rings (SSSR count). The number of hydrogen-bond donors (Lipinski definition) is 1. The van der Waals surface area contributed by atoms with Crippen molar-refractivity contribution in [3.05, 3.63) is 102 Å². The first-order chi connectivity index (χ1) is 16.1. The zero-order valence-corrected chi connectivity index (χ0v) is 17.6. The molecule has 0 aliphatic rings. The molecule has 4 aromatic rings. The number of hydrogen-bond acceptors (Lipinski definition) is 5. The molecular weight excluding hydrogens is 423 g/mol. The molecule has 1 aromatic heterocycles. The number of ether oxygens (including phenoxy) is 1. The van der Waals surface area contributed by atoms with Gasteiger partial charge in [0.1, 0.15) is 5.82 Å². The van der Waals surface area contributed by atoms with Crippen LogP contribution in [0.4, 0.5) is 4.39 Å². The highest BCUT2D eigenvalue weighted by Gasteiger charge is 2.20. The fourth-order valence-corrected chi connectivity index (χ4v) is 3.17. The Morgan fingerprint density at radius 3 is 2.27 bits per heavy atom. The van der Waals surface area contributed by atoms with Crippen LogP contribution in [0.2, 0.25) is 0 Å². The first-order valence-corrected chi connectivity index (χ1v) is 10.4. The van der Waals surface area contributed by atoms with E-state index >= 15 is 0 Å². The number of carbonyl (C=O) groups excluding carboxylic acids is 2. The average molecular weight is 444 g/mol. The normalized spacial score (nSPS) is 10.6. The summed E-state index contributed by atoms with van der Waals surface area (Å²) in [5.41, 5.74) is 2.41. The molecule has 8 heteroatoms. The quantitative estimate of drug-likeness (QED) is 0.420. The van der Waals surface area contributed by atoms with Crippen LogP contribution < -0.4 is 5.32 Å². The minimum atomic E-state index is -0.796. The van der Waals surface area contributed by atoms with Crippen LogP contribution in [0.3, 0.4) is 0 Å². The molecule has 0 fully saturated rings. The summed E-state index contributed by atoms with van der Waals surface area (Å²) in [5.74, 6) is -1.21. The Labute approximate surface area is 189 Å². The van der Waals surface area contributed by atoms with E-state index in [0.29, 0.717) is 18.8 Å². The Morgan fingerprint density at radius 2 is 1.58 bits per heavy atom. The van der Waals surface area contributed by atoms with Gasteiger partial charge in [0.25, 0.3) is 11.7 Å². The molecule has 0 aliphatic heterocycles. The van der Waals surface area contributed by atoms with Gasteiger partial charge >= 0.3 is 5.97 Å². The van der Waals surface area contributed by atoms with Crippen molar-refractivity contribution in [3.8, 4) is 17.1 Å². The van der Waals surface area contributed by atoms with Crippen molar-refractivity contribution in [2.45, 2.75) is 6.42 Å². The van der Waals surface area contributed by atoms with E-state index in [1.165, 1.54) is 12.1 Å². The van der Waals surface area contributed by atoms with Crippen molar-refractivity contribution >= 4 is 11.9 Å². The molecule has 33 heavy (non-hydrogen) atoms. The third-order valence-corrected chi connectivity index (χ3v) is 4.81. The van der Waals surface area contributed by atoms with Crippen molar-refractivity contribution < 1.29 is 18.7 Å².